The van der Waals surface area contributed by atoms with E-state index in [4.69, 9.17) is 9.47 Å². The highest BCUT2D eigenvalue weighted by Crippen LogP contribution is 2.43. The second-order valence-corrected chi connectivity index (χ2v) is 9.73. The lowest BCUT2D eigenvalue weighted by molar-refractivity contribution is 0.353. The maximum absolute atomic E-state index is 13.1. The summed E-state index contributed by atoms with van der Waals surface area (Å²) in [6.45, 7) is 0.484. The van der Waals surface area contributed by atoms with Gasteiger partial charge in [-0.2, -0.15) is 4.31 Å². The van der Waals surface area contributed by atoms with Crippen molar-refractivity contribution in [2.75, 3.05) is 26.5 Å². The average molecular weight is 491 g/mol. The summed E-state index contributed by atoms with van der Waals surface area (Å²) in [4.78, 5) is 0.320. The summed E-state index contributed by atoms with van der Waals surface area (Å²) in [6.07, 6.45) is 0. The van der Waals surface area contributed by atoms with Crippen molar-refractivity contribution in [1.82, 2.24) is 4.31 Å². The van der Waals surface area contributed by atoms with Gasteiger partial charge in [-0.05, 0) is 64.6 Å². The van der Waals surface area contributed by atoms with E-state index in [0.29, 0.717) is 22.9 Å². The summed E-state index contributed by atoms with van der Waals surface area (Å²) in [5.41, 5.74) is 0.884. The Labute approximate surface area is 165 Å². The SMILES string of the molecule is COc1ccc([C@H]2SCCN2S(=O)(=O)c2ccc(I)cc2)cc1OC. The van der Waals surface area contributed by atoms with Gasteiger partial charge in [0.2, 0.25) is 10.0 Å². The molecule has 0 N–H and O–H groups in total. The van der Waals surface area contributed by atoms with Crippen molar-refractivity contribution in [3.8, 4) is 11.5 Å². The van der Waals surface area contributed by atoms with Gasteiger partial charge < -0.3 is 9.47 Å². The minimum Gasteiger partial charge on any atom is -0.493 e. The Kier molecular flexibility index (Phi) is 5.81. The van der Waals surface area contributed by atoms with Crippen LogP contribution in [0.3, 0.4) is 0 Å². The summed E-state index contributed by atoms with van der Waals surface area (Å²) in [7, 11) is -0.399. The quantitative estimate of drug-likeness (QED) is 0.597. The Morgan fingerprint density at radius 1 is 1.08 bits per heavy atom. The summed E-state index contributed by atoms with van der Waals surface area (Å²) < 4.78 is 39.3. The number of halogens is 1. The van der Waals surface area contributed by atoms with Gasteiger partial charge in [0.25, 0.3) is 0 Å². The molecule has 1 aliphatic rings. The molecule has 0 aliphatic carbocycles. The molecule has 8 heteroatoms. The molecule has 1 aliphatic heterocycles. The third-order valence-electron chi connectivity index (χ3n) is 3.96. The van der Waals surface area contributed by atoms with E-state index >= 15 is 0 Å². The fourth-order valence-corrected chi connectivity index (χ4v) is 6.30. The van der Waals surface area contributed by atoms with Crippen molar-refractivity contribution < 1.29 is 17.9 Å². The first-order valence-electron chi connectivity index (χ1n) is 7.58. The number of rotatable bonds is 5. The van der Waals surface area contributed by atoms with Crippen molar-refractivity contribution in [3.63, 3.8) is 0 Å². The molecule has 0 unspecified atom stereocenters. The van der Waals surface area contributed by atoms with Gasteiger partial charge in [0.15, 0.2) is 11.5 Å². The van der Waals surface area contributed by atoms with Crippen LogP contribution in [-0.4, -0.2) is 39.2 Å². The highest BCUT2D eigenvalue weighted by atomic mass is 127. The van der Waals surface area contributed by atoms with Crippen LogP contribution in [0.2, 0.25) is 0 Å². The number of nitrogens with zero attached hydrogens (tertiary/aromatic N) is 1. The van der Waals surface area contributed by atoms with E-state index in [-0.39, 0.29) is 5.37 Å². The molecule has 0 radical (unpaired) electrons. The number of hydrogen-bond donors (Lipinski definition) is 0. The molecule has 0 spiro atoms. The Balaban J connectivity index is 1.96. The molecule has 0 aromatic heterocycles. The van der Waals surface area contributed by atoms with Gasteiger partial charge in [0, 0.05) is 15.9 Å². The summed E-state index contributed by atoms with van der Waals surface area (Å²) >= 11 is 3.77. The molecule has 1 atom stereocenters. The largest absolute Gasteiger partial charge is 0.493 e. The van der Waals surface area contributed by atoms with Crippen molar-refractivity contribution in [2.45, 2.75) is 10.3 Å². The fraction of sp³-hybridized carbons (Fsp3) is 0.294. The van der Waals surface area contributed by atoms with Crippen molar-refractivity contribution in [2.24, 2.45) is 0 Å². The van der Waals surface area contributed by atoms with Crippen LogP contribution in [-0.2, 0) is 10.0 Å². The zero-order valence-electron chi connectivity index (χ0n) is 13.8. The first-order valence-corrected chi connectivity index (χ1v) is 11.1. The zero-order chi connectivity index (χ0) is 18.0. The third-order valence-corrected chi connectivity index (χ3v) is 7.95. The van der Waals surface area contributed by atoms with Crippen molar-refractivity contribution in [1.29, 1.82) is 0 Å². The molecule has 0 bridgehead atoms. The Morgan fingerprint density at radius 3 is 2.40 bits per heavy atom. The lowest BCUT2D eigenvalue weighted by atomic mass is 10.2. The minimum absolute atomic E-state index is 0.274. The molecule has 1 heterocycles. The monoisotopic (exact) mass is 491 g/mol. The van der Waals surface area contributed by atoms with Gasteiger partial charge in [0.05, 0.1) is 24.5 Å². The van der Waals surface area contributed by atoms with E-state index in [2.05, 4.69) is 22.6 Å². The van der Waals surface area contributed by atoms with E-state index in [9.17, 15) is 8.42 Å². The number of methoxy groups -OCH3 is 2. The summed E-state index contributed by atoms with van der Waals surface area (Å²) in [5.74, 6) is 1.98. The lowest BCUT2D eigenvalue weighted by Gasteiger charge is -2.24. The van der Waals surface area contributed by atoms with Crippen LogP contribution in [0.25, 0.3) is 0 Å². The third kappa shape index (κ3) is 3.76. The van der Waals surface area contributed by atoms with Crippen molar-refractivity contribution in [3.05, 3.63) is 51.6 Å². The predicted octanol–water partition coefficient (Wildman–Crippen LogP) is 3.74. The maximum Gasteiger partial charge on any atom is 0.244 e. The summed E-state index contributed by atoms with van der Waals surface area (Å²) in [6, 6.07) is 12.5. The molecular formula is C17H18INO4S2. The molecule has 1 fully saturated rings. The van der Waals surface area contributed by atoms with Crippen molar-refractivity contribution >= 4 is 44.4 Å². The predicted molar refractivity (Wildman–Crippen MR) is 108 cm³/mol. The van der Waals surface area contributed by atoms with Gasteiger partial charge >= 0.3 is 0 Å². The first kappa shape index (κ1) is 18.8. The molecular weight excluding hydrogens is 473 g/mol. The zero-order valence-corrected chi connectivity index (χ0v) is 17.6. The second kappa shape index (κ2) is 7.73. The second-order valence-electron chi connectivity index (χ2n) is 5.41. The molecule has 0 amide bonds. The standard InChI is InChI=1S/C17H18INO4S2/c1-22-15-8-3-12(11-16(15)23-2)17-19(9-10-24-17)25(20,21)14-6-4-13(18)5-7-14/h3-8,11,17H,9-10H2,1-2H3/t17-/m1/s1. The van der Waals surface area contributed by atoms with Crippen LogP contribution in [0.15, 0.2) is 47.4 Å². The molecule has 25 heavy (non-hydrogen) atoms. The van der Waals surface area contributed by atoms with Crippen LogP contribution >= 0.6 is 34.4 Å². The van der Waals surface area contributed by atoms with Crippen LogP contribution in [0.1, 0.15) is 10.9 Å². The van der Waals surface area contributed by atoms with Gasteiger partial charge in [-0.25, -0.2) is 8.42 Å². The first-order chi connectivity index (χ1) is 12.0. The number of thioether (sulfide) groups is 1. The molecule has 2 aromatic carbocycles. The highest BCUT2D eigenvalue weighted by Gasteiger charge is 2.37. The number of sulfonamides is 1. The molecule has 2 aromatic rings. The molecule has 0 saturated carbocycles. The van der Waals surface area contributed by atoms with Crippen LogP contribution in [0, 0.1) is 3.57 Å². The van der Waals surface area contributed by atoms with Gasteiger partial charge in [-0.15, -0.1) is 11.8 Å². The van der Waals surface area contributed by atoms with E-state index in [1.54, 1.807) is 42.4 Å². The van der Waals surface area contributed by atoms with Gasteiger partial charge in [0.1, 0.15) is 0 Å². The minimum atomic E-state index is -3.55. The Bertz CT molecular complexity index is 855. The number of hydrogen-bond acceptors (Lipinski definition) is 5. The Morgan fingerprint density at radius 2 is 1.76 bits per heavy atom. The van der Waals surface area contributed by atoms with E-state index in [0.717, 1.165) is 14.9 Å². The number of ether oxygens (including phenoxy) is 2. The molecule has 5 nitrogen and oxygen atoms in total. The Hall–Kier alpha value is -0.970. The van der Waals surface area contributed by atoms with Crippen LogP contribution in [0.5, 0.6) is 11.5 Å². The van der Waals surface area contributed by atoms with Gasteiger partial charge in [-0.3, -0.25) is 0 Å². The fourth-order valence-electron chi connectivity index (χ4n) is 2.71. The highest BCUT2D eigenvalue weighted by molar-refractivity contribution is 14.1. The van der Waals surface area contributed by atoms with Crippen LogP contribution < -0.4 is 9.47 Å². The maximum atomic E-state index is 13.1. The van der Waals surface area contributed by atoms with Gasteiger partial charge in [-0.1, -0.05) is 6.07 Å². The molecule has 134 valence electrons. The molecule has 3 rings (SSSR count). The lowest BCUT2D eigenvalue weighted by Crippen LogP contribution is -2.30. The normalized spacial score (nSPS) is 18.3. The number of benzene rings is 2. The van der Waals surface area contributed by atoms with E-state index < -0.39 is 10.0 Å². The summed E-state index contributed by atoms with van der Waals surface area (Å²) in [5, 5.41) is -0.274. The molecule has 1 saturated heterocycles. The average Bonchev–Trinajstić information content (AvgIpc) is 3.12. The van der Waals surface area contributed by atoms with E-state index in [1.807, 2.05) is 30.3 Å². The van der Waals surface area contributed by atoms with E-state index in [1.165, 1.54) is 0 Å². The smallest absolute Gasteiger partial charge is 0.244 e. The topological polar surface area (TPSA) is 55.8 Å². The van der Waals surface area contributed by atoms with Crippen LogP contribution in [0.4, 0.5) is 0 Å².